The van der Waals surface area contributed by atoms with E-state index in [1.165, 1.54) is 24.3 Å². The summed E-state index contributed by atoms with van der Waals surface area (Å²) in [6, 6.07) is 12.4. The number of rotatable bonds is 5. The molecule has 0 unspecified atom stereocenters. The Hall–Kier alpha value is -1.76. The van der Waals surface area contributed by atoms with Gasteiger partial charge in [0.25, 0.3) is 0 Å². The van der Waals surface area contributed by atoms with Gasteiger partial charge < -0.3 is 5.73 Å². The molecule has 20 heavy (non-hydrogen) atoms. The first kappa shape index (κ1) is 14.6. The maximum Gasteiger partial charge on any atom is 0.240 e. The van der Waals surface area contributed by atoms with Crippen LogP contribution in [0.4, 0.5) is 4.39 Å². The molecular formula is C14H15FN2O2S. The highest BCUT2D eigenvalue weighted by Crippen LogP contribution is 2.13. The van der Waals surface area contributed by atoms with Gasteiger partial charge in [0.1, 0.15) is 5.82 Å². The average molecular weight is 294 g/mol. The van der Waals surface area contributed by atoms with E-state index in [4.69, 9.17) is 5.73 Å². The van der Waals surface area contributed by atoms with Gasteiger partial charge >= 0.3 is 0 Å². The van der Waals surface area contributed by atoms with E-state index in [0.29, 0.717) is 5.56 Å². The van der Waals surface area contributed by atoms with Crippen molar-refractivity contribution in [2.75, 3.05) is 0 Å². The molecular weight excluding hydrogens is 279 g/mol. The number of benzene rings is 2. The fraction of sp³-hybridized carbons (Fsp3) is 0.143. The van der Waals surface area contributed by atoms with E-state index in [2.05, 4.69) is 4.72 Å². The van der Waals surface area contributed by atoms with E-state index in [0.717, 1.165) is 5.56 Å². The summed E-state index contributed by atoms with van der Waals surface area (Å²) in [6.07, 6.45) is 0. The van der Waals surface area contributed by atoms with Gasteiger partial charge in [-0.15, -0.1) is 0 Å². The standard InChI is InChI=1S/C14H15FN2O2S/c15-14-7-2-1-5-12(14)10-17-20(18,19)13-6-3-4-11(8-13)9-16/h1-8,17H,9-10,16H2. The molecule has 2 rings (SSSR count). The first-order valence-electron chi connectivity index (χ1n) is 6.05. The van der Waals surface area contributed by atoms with Crippen LogP contribution in [0.3, 0.4) is 0 Å². The molecule has 4 nitrogen and oxygen atoms in total. The predicted molar refractivity (Wildman–Crippen MR) is 74.8 cm³/mol. The maximum absolute atomic E-state index is 13.4. The quantitative estimate of drug-likeness (QED) is 0.882. The van der Waals surface area contributed by atoms with Crippen LogP contribution in [0.5, 0.6) is 0 Å². The molecule has 0 spiro atoms. The van der Waals surface area contributed by atoms with E-state index in [1.807, 2.05) is 0 Å². The molecule has 0 aliphatic rings. The second-order valence-electron chi connectivity index (χ2n) is 4.27. The second-order valence-corrected chi connectivity index (χ2v) is 6.03. The Morgan fingerprint density at radius 1 is 1.10 bits per heavy atom. The van der Waals surface area contributed by atoms with Crippen LogP contribution in [0.25, 0.3) is 0 Å². The largest absolute Gasteiger partial charge is 0.326 e. The van der Waals surface area contributed by atoms with Crippen molar-refractivity contribution in [1.29, 1.82) is 0 Å². The summed E-state index contributed by atoms with van der Waals surface area (Å²) in [7, 11) is -3.68. The second kappa shape index (κ2) is 6.13. The molecule has 0 heterocycles. The van der Waals surface area contributed by atoms with Crippen molar-refractivity contribution in [3.63, 3.8) is 0 Å². The smallest absolute Gasteiger partial charge is 0.240 e. The predicted octanol–water partition coefficient (Wildman–Crippen LogP) is 1.76. The summed E-state index contributed by atoms with van der Waals surface area (Å²) in [6.45, 7) is 0.165. The summed E-state index contributed by atoms with van der Waals surface area (Å²) in [4.78, 5) is 0.122. The minimum Gasteiger partial charge on any atom is -0.326 e. The maximum atomic E-state index is 13.4. The molecule has 0 radical (unpaired) electrons. The summed E-state index contributed by atoms with van der Waals surface area (Å²) >= 11 is 0. The number of hydrogen-bond acceptors (Lipinski definition) is 3. The minimum atomic E-state index is -3.68. The van der Waals surface area contributed by atoms with Gasteiger partial charge in [0.2, 0.25) is 10.0 Å². The Kier molecular flexibility index (Phi) is 4.49. The summed E-state index contributed by atoms with van der Waals surface area (Å²) in [5, 5.41) is 0. The topological polar surface area (TPSA) is 72.2 Å². The van der Waals surface area contributed by atoms with E-state index in [1.54, 1.807) is 24.3 Å². The van der Waals surface area contributed by atoms with Gasteiger partial charge in [0.05, 0.1) is 4.90 Å². The van der Waals surface area contributed by atoms with Gasteiger partial charge in [0, 0.05) is 18.7 Å². The Labute approximate surface area is 117 Å². The molecule has 2 aromatic rings. The highest BCUT2D eigenvalue weighted by molar-refractivity contribution is 7.89. The average Bonchev–Trinajstić information content (AvgIpc) is 2.46. The third-order valence-electron chi connectivity index (χ3n) is 2.85. The van der Waals surface area contributed by atoms with E-state index in [9.17, 15) is 12.8 Å². The number of hydrogen-bond donors (Lipinski definition) is 2. The van der Waals surface area contributed by atoms with E-state index in [-0.39, 0.29) is 18.0 Å². The zero-order valence-corrected chi connectivity index (χ0v) is 11.5. The summed E-state index contributed by atoms with van der Waals surface area (Å²) in [5.74, 6) is -0.439. The Bertz CT molecular complexity index is 702. The third kappa shape index (κ3) is 3.41. The molecule has 106 valence electrons. The SMILES string of the molecule is NCc1cccc(S(=O)(=O)NCc2ccccc2F)c1. The van der Waals surface area contributed by atoms with Crippen LogP contribution in [-0.4, -0.2) is 8.42 Å². The number of nitrogens with one attached hydrogen (secondary N) is 1. The minimum absolute atomic E-state index is 0.0954. The highest BCUT2D eigenvalue weighted by Gasteiger charge is 2.14. The van der Waals surface area contributed by atoms with Crippen molar-refractivity contribution in [1.82, 2.24) is 4.72 Å². The Morgan fingerprint density at radius 2 is 1.85 bits per heavy atom. The fourth-order valence-electron chi connectivity index (χ4n) is 1.74. The lowest BCUT2D eigenvalue weighted by atomic mass is 10.2. The summed E-state index contributed by atoms with van der Waals surface area (Å²) < 4.78 is 40.0. The van der Waals surface area contributed by atoms with Crippen molar-refractivity contribution >= 4 is 10.0 Å². The lowest BCUT2D eigenvalue weighted by Crippen LogP contribution is -2.23. The van der Waals surface area contributed by atoms with Crippen LogP contribution in [0.1, 0.15) is 11.1 Å². The van der Waals surface area contributed by atoms with Crippen LogP contribution in [0.2, 0.25) is 0 Å². The molecule has 6 heteroatoms. The molecule has 0 atom stereocenters. The van der Waals surface area contributed by atoms with Crippen molar-refractivity contribution in [3.8, 4) is 0 Å². The molecule has 3 N–H and O–H groups in total. The lowest BCUT2D eigenvalue weighted by Gasteiger charge is -2.08. The molecule has 0 aliphatic carbocycles. The van der Waals surface area contributed by atoms with Gasteiger partial charge in [-0.1, -0.05) is 30.3 Å². The van der Waals surface area contributed by atoms with Crippen molar-refractivity contribution in [2.24, 2.45) is 5.73 Å². The molecule has 0 saturated carbocycles. The number of sulfonamides is 1. The Balaban J connectivity index is 2.17. The van der Waals surface area contributed by atoms with Crippen molar-refractivity contribution in [2.45, 2.75) is 18.0 Å². The molecule has 0 aromatic heterocycles. The fourth-order valence-corrected chi connectivity index (χ4v) is 2.81. The van der Waals surface area contributed by atoms with Crippen molar-refractivity contribution < 1.29 is 12.8 Å². The van der Waals surface area contributed by atoms with Gasteiger partial charge in [-0.25, -0.2) is 17.5 Å². The molecule has 0 fully saturated rings. The van der Waals surface area contributed by atoms with Crippen LogP contribution in [0, 0.1) is 5.82 Å². The summed E-state index contributed by atoms with van der Waals surface area (Å²) in [5.41, 5.74) is 6.50. The van der Waals surface area contributed by atoms with Crippen LogP contribution in [-0.2, 0) is 23.1 Å². The van der Waals surface area contributed by atoms with E-state index < -0.39 is 15.8 Å². The monoisotopic (exact) mass is 294 g/mol. The zero-order chi connectivity index (χ0) is 14.6. The lowest BCUT2D eigenvalue weighted by molar-refractivity contribution is 0.574. The molecule has 0 amide bonds. The van der Waals surface area contributed by atoms with Gasteiger partial charge in [0.15, 0.2) is 0 Å². The van der Waals surface area contributed by atoms with Gasteiger partial charge in [-0.05, 0) is 23.8 Å². The van der Waals surface area contributed by atoms with Crippen molar-refractivity contribution in [3.05, 3.63) is 65.5 Å². The van der Waals surface area contributed by atoms with Crippen LogP contribution < -0.4 is 10.5 Å². The first-order valence-corrected chi connectivity index (χ1v) is 7.53. The Morgan fingerprint density at radius 3 is 2.55 bits per heavy atom. The van der Waals surface area contributed by atoms with Gasteiger partial charge in [-0.2, -0.15) is 0 Å². The number of halogens is 1. The van der Waals surface area contributed by atoms with E-state index >= 15 is 0 Å². The molecule has 2 aromatic carbocycles. The third-order valence-corrected chi connectivity index (χ3v) is 4.25. The highest BCUT2D eigenvalue weighted by atomic mass is 32.2. The molecule has 0 saturated heterocycles. The number of nitrogens with two attached hydrogens (primary N) is 1. The first-order chi connectivity index (χ1) is 9.53. The van der Waals surface area contributed by atoms with Crippen LogP contribution in [0.15, 0.2) is 53.4 Å². The zero-order valence-electron chi connectivity index (χ0n) is 10.7. The van der Waals surface area contributed by atoms with Gasteiger partial charge in [-0.3, -0.25) is 0 Å². The normalized spacial score (nSPS) is 11.5. The van der Waals surface area contributed by atoms with Crippen LogP contribution >= 0.6 is 0 Å². The molecule has 0 bridgehead atoms. The molecule has 0 aliphatic heterocycles.